The summed E-state index contributed by atoms with van der Waals surface area (Å²) in [5, 5.41) is 5.85. The summed E-state index contributed by atoms with van der Waals surface area (Å²) in [6.07, 6.45) is 4.06. The molecule has 0 saturated carbocycles. The average Bonchev–Trinajstić information content (AvgIpc) is 3.89. The molecule has 0 amide bonds. The lowest BCUT2D eigenvalue weighted by molar-refractivity contribution is 0.477. The number of aromatic nitrogens is 3. The Hall–Kier alpha value is -6.89. The van der Waals surface area contributed by atoms with Crippen molar-refractivity contribution in [3.8, 4) is 27.8 Å². The number of thiazole rings is 1. The lowest BCUT2D eigenvalue weighted by Gasteiger charge is -2.32. The van der Waals surface area contributed by atoms with E-state index in [-0.39, 0.29) is 0 Å². The molecule has 5 nitrogen and oxygen atoms in total. The van der Waals surface area contributed by atoms with Crippen molar-refractivity contribution in [1.82, 2.24) is 14.1 Å². The van der Waals surface area contributed by atoms with Crippen LogP contribution in [0, 0.1) is 0 Å². The Morgan fingerprint density at radius 2 is 1.30 bits per heavy atom. The van der Waals surface area contributed by atoms with Crippen LogP contribution in [0.1, 0.15) is 6.92 Å². The lowest BCUT2D eigenvalue weighted by Crippen LogP contribution is -2.15. The highest BCUT2D eigenvalue weighted by molar-refractivity contribution is 7.21. The number of benzene rings is 7. The molecule has 4 heterocycles. The Bertz CT molecular complexity index is 3170. The van der Waals surface area contributed by atoms with Crippen LogP contribution in [0.25, 0.3) is 75.8 Å². The van der Waals surface area contributed by atoms with Crippen molar-refractivity contribution >= 4 is 87.9 Å². The number of para-hydroxylation sites is 5. The van der Waals surface area contributed by atoms with Crippen LogP contribution in [0.15, 0.2) is 170 Å². The van der Waals surface area contributed by atoms with Crippen LogP contribution in [0.2, 0.25) is 0 Å². The molecule has 0 radical (unpaired) electrons. The van der Waals surface area contributed by atoms with Gasteiger partial charge >= 0.3 is 0 Å². The zero-order valence-corrected chi connectivity index (χ0v) is 30.2. The van der Waals surface area contributed by atoms with Gasteiger partial charge in [0.25, 0.3) is 0 Å². The van der Waals surface area contributed by atoms with Crippen LogP contribution in [0.5, 0.6) is 11.5 Å². The van der Waals surface area contributed by atoms with E-state index in [1.165, 1.54) is 43.6 Å². The van der Waals surface area contributed by atoms with Gasteiger partial charge in [0.15, 0.2) is 11.5 Å². The SMILES string of the molecule is C=C/C(=C\C)n1c2ccccc2c2cc3c(cc21)c1ccccc1n3-c1ccc(-c2nc3cc4c(cc3s2)N(c2ccccc2)c2ccccc2O4)cc1. The first kappa shape index (κ1) is 30.7. The van der Waals surface area contributed by atoms with Crippen molar-refractivity contribution in [3.63, 3.8) is 0 Å². The topological polar surface area (TPSA) is 35.2 Å². The van der Waals surface area contributed by atoms with E-state index in [4.69, 9.17) is 9.72 Å². The zero-order chi connectivity index (χ0) is 35.9. The van der Waals surface area contributed by atoms with E-state index < -0.39 is 0 Å². The van der Waals surface area contributed by atoms with Crippen LogP contribution in [-0.2, 0) is 0 Å². The molecule has 0 aliphatic carbocycles. The monoisotopic (exact) mass is 712 g/mol. The quantitative estimate of drug-likeness (QED) is 0.167. The largest absolute Gasteiger partial charge is 0.453 e. The van der Waals surface area contributed by atoms with Gasteiger partial charge in [-0.1, -0.05) is 79.4 Å². The van der Waals surface area contributed by atoms with Crippen molar-refractivity contribution in [2.45, 2.75) is 6.92 Å². The summed E-state index contributed by atoms with van der Waals surface area (Å²) in [7, 11) is 0. The number of hydrogen-bond acceptors (Lipinski definition) is 4. The molecule has 6 heteroatoms. The molecule has 1 aliphatic rings. The third-order valence-electron chi connectivity index (χ3n) is 10.7. The molecule has 0 saturated heterocycles. The minimum absolute atomic E-state index is 0.798. The first-order valence-corrected chi connectivity index (χ1v) is 18.9. The van der Waals surface area contributed by atoms with E-state index in [0.717, 1.165) is 60.7 Å². The normalized spacial score (nSPS) is 12.8. The van der Waals surface area contributed by atoms with Gasteiger partial charge in [-0.2, -0.15) is 0 Å². The van der Waals surface area contributed by atoms with E-state index >= 15 is 0 Å². The Kier molecular flexibility index (Phi) is 6.72. The lowest BCUT2D eigenvalue weighted by atomic mass is 10.1. The van der Waals surface area contributed by atoms with Gasteiger partial charge in [-0.05, 0) is 91.9 Å². The average molecular weight is 713 g/mol. The van der Waals surface area contributed by atoms with Gasteiger partial charge < -0.3 is 18.8 Å². The van der Waals surface area contributed by atoms with Gasteiger partial charge in [-0.3, -0.25) is 0 Å². The van der Waals surface area contributed by atoms with Crippen molar-refractivity contribution in [1.29, 1.82) is 0 Å². The smallest absolute Gasteiger partial charge is 0.153 e. The van der Waals surface area contributed by atoms with Crippen LogP contribution in [-0.4, -0.2) is 14.1 Å². The molecule has 0 bridgehead atoms. The van der Waals surface area contributed by atoms with Gasteiger partial charge in [-0.25, -0.2) is 4.98 Å². The van der Waals surface area contributed by atoms with Gasteiger partial charge in [0.1, 0.15) is 5.01 Å². The van der Waals surface area contributed by atoms with Crippen molar-refractivity contribution < 1.29 is 4.74 Å². The van der Waals surface area contributed by atoms with E-state index in [1.54, 1.807) is 11.3 Å². The molecule has 7 aromatic carbocycles. The Balaban J connectivity index is 1.03. The Morgan fingerprint density at radius 3 is 2.09 bits per heavy atom. The van der Waals surface area contributed by atoms with Gasteiger partial charge in [-0.15, -0.1) is 11.3 Å². The van der Waals surface area contributed by atoms with Crippen LogP contribution >= 0.6 is 11.3 Å². The number of ether oxygens (including phenoxy) is 1. The fourth-order valence-corrected chi connectivity index (χ4v) is 9.22. The van der Waals surface area contributed by atoms with Crippen molar-refractivity contribution in [2.75, 3.05) is 4.90 Å². The maximum atomic E-state index is 6.47. The zero-order valence-electron chi connectivity index (χ0n) is 29.4. The number of hydrogen-bond donors (Lipinski definition) is 0. The maximum absolute atomic E-state index is 6.47. The molecule has 256 valence electrons. The second-order valence-electron chi connectivity index (χ2n) is 13.6. The standard InChI is InChI=1S/C48H32N4OS/c1-3-31(4-2)50-39-18-10-8-16-34(39)36-27-43-37(26-42(36)50)35-17-9-11-19-40(35)51(43)33-24-22-30(23-25-33)48-49-38-28-46-44(29-47(38)54-48)52(32-14-6-5-7-15-32)41-20-12-13-21-45(41)53-46/h3-29H,1H2,2H3/b31-4+. The molecule has 0 fully saturated rings. The molecule has 54 heavy (non-hydrogen) atoms. The van der Waals surface area contributed by atoms with Gasteiger partial charge in [0, 0.05) is 50.2 Å². The van der Waals surface area contributed by atoms with Crippen molar-refractivity contribution in [2.24, 2.45) is 0 Å². The van der Waals surface area contributed by atoms with Gasteiger partial charge in [0.2, 0.25) is 0 Å². The summed E-state index contributed by atoms with van der Waals surface area (Å²) in [6, 6.07) is 53.8. The first-order chi connectivity index (χ1) is 26.7. The predicted molar refractivity (Wildman–Crippen MR) is 227 cm³/mol. The highest BCUT2D eigenvalue weighted by Gasteiger charge is 2.27. The molecule has 11 rings (SSSR count). The molecule has 1 aliphatic heterocycles. The first-order valence-electron chi connectivity index (χ1n) is 18.1. The summed E-state index contributed by atoms with van der Waals surface area (Å²) < 4.78 is 12.3. The molecule has 3 aromatic heterocycles. The highest BCUT2D eigenvalue weighted by atomic mass is 32.1. The molecular formula is C48H32N4OS. The fraction of sp³-hybridized carbons (Fsp3) is 0.0208. The maximum Gasteiger partial charge on any atom is 0.153 e. The Morgan fingerprint density at radius 1 is 0.611 bits per heavy atom. The molecular weight excluding hydrogens is 681 g/mol. The van der Waals surface area contributed by atoms with E-state index in [2.05, 4.69) is 167 Å². The van der Waals surface area contributed by atoms with Crippen LogP contribution < -0.4 is 9.64 Å². The second kappa shape index (κ2) is 11.8. The number of rotatable bonds is 5. The van der Waals surface area contributed by atoms with Crippen molar-refractivity contribution in [3.05, 3.63) is 170 Å². The summed E-state index contributed by atoms with van der Waals surface area (Å²) >= 11 is 1.71. The number of nitrogens with zero attached hydrogens (tertiary/aromatic N) is 4. The minimum atomic E-state index is 0.798. The third-order valence-corrected chi connectivity index (χ3v) is 11.7. The molecule has 10 aromatic rings. The van der Waals surface area contributed by atoms with E-state index in [1.807, 2.05) is 24.3 Å². The molecule has 0 atom stereocenters. The van der Waals surface area contributed by atoms with Crippen LogP contribution in [0.4, 0.5) is 17.1 Å². The molecule has 0 unspecified atom stereocenters. The Labute approximate surface area is 315 Å². The molecule has 0 N–H and O–H groups in total. The van der Waals surface area contributed by atoms with Crippen LogP contribution in [0.3, 0.4) is 0 Å². The number of anilines is 3. The van der Waals surface area contributed by atoms with E-state index in [0.29, 0.717) is 0 Å². The molecule has 0 spiro atoms. The van der Waals surface area contributed by atoms with Gasteiger partial charge in [0.05, 0.1) is 43.7 Å². The summed E-state index contributed by atoms with van der Waals surface area (Å²) in [6.45, 7) is 6.20. The second-order valence-corrected chi connectivity index (χ2v) is 14.6. The predicted octanol–water partition coefficient (Wildman–Crippen LogP) is 13.8. The highest BCUT2D eigenvalue weighted by Crippen LogP contribution is 2.52. The minimum Gasteiger partial charge on any atom is -0.453 e. The summed E-state index contributed by atoms with van der Waals surface area (Å²) in [5.74, 6) is 1.63. The number of allylic oxidation sites excluding steroid dienone is 3. The number of fused-ring (bicyclic) bond motifs is 9. The third kappa shape index (κ3) is 4.47. The van der Waals surface area contributed by atoms with E-state index in [9.17, 15) is 0 Å². The summed E-state index contributed by atoms with van der Waals surface area (Å²) in [5.41, 5.74) is 12.0. The summed E-state index contributed by atoms with van der Waals surface area (Å²) in [4.78, 5) is 7.41. The fourth-order valence-electron chi connectivity index (χ4n) is 8.23.